The van der Waals surface area contributed by atoms with Gasteiger partial charge in [-0.25, -0.2) is 4.98 Å². The Morgan fingerprint density at radius 1 is 1.09 bits per heavy atom. The number of rotatable bonds is 5. The van der Waals surface area contributed by atoms with Gasteiger partial charge in [-0.05, 0) is 42.3 Å². The van der Waals surface area contributed by atoms with Gasteiger partial charge in [0.2, 0.25) is 0 Å². The van der Waals surface area contributed by atoms with Crippen LogP contribution in [0.1, 0.15) is 31.2 Å². The fourth-order valence-corrected chi connectivity index (χ4v) is 2.97. The van der Waals surface area contributed by atoms with Crippen molar-refractivity contribution in [2.24, 2.45) is 0 Å². The van der Waals surface area contributed by atoms with E-state index in [2.05, 4.69) is 69.9 Å². The van der Waals surface area contributed by atoms with E-state index >= 15 is 0 Å². The van der Waals surface area contributed by atoms with E-state index in [4.69, 9.17) is 4.98 Å². The molecule has 0 atom stereocenters. The highest BCUT2D eigenvalue weighted by Crippen LogP contribution is 2.19. The van der Waals surface area contributed by atoms with Crippen molar-refractivity contribution in [1.29, 1.82) is 0 Å². The van der Waals surface area contributed by atoms with Crippen molar-refractivity contribution < 1.29 is 0 Å². The molecule has 0 amide bonds. The fraction of sp³-hybridized carbons (Fsp3) is 0.211. The average molecular weight is 355 g/mol. The van der Waals surface area contributed by atoms with Crippen LogP contribution in [-0.4, -0.2) is 9.55 Å². The normalized spacial score (nSPS) is 11.5. The van der Waals surface area contributed by atoms with E-state index in [0.29, 0.717) is 0 Å². The Hall–Kier alpha value is -1.87. The van der Waals surface area contributed by atoms with E-state index in [1.165, 1.54) is 17.5 Å². The number of aryl methyl sites for hydroxylation is 1. The predicted octanol–water partition coefficient (Wildman–Crippen LogP) is 5.77. The Balaban J connectivity index is 1.98. The van der Waals surface area contributed by atoms with Crippen LogP contribution in [0.3, 0.4) is 0 Å². The van der Waals surface area contributed by atoms with Crippen LogP contribution < -0.4 is 0 Å². The number of aromatic nitrogens is 2. The van der Waals surface area contributed by atoms with Gasteiger partial charge >= 0.3 is 0 Å². The third-order valence-corrected chi connectivity index (χ3v) is 4.19. The minimum atomic E-state index is 1.01. The van der Waals surface area contributed by atoms with Gasteiger partial charge < -0.3 is 4.57 Å². The van der Waals surface area contributed by atoms with Gasteiger partial charge in [0.05, 0.1) is 11.0 Å². The lowest BCUT2D eigenvalue weighted by Gasteiger charge is -2.05. The summed E-state index contributed by atoms with van der Waals surface area (Å²) in [5.41, 5.74) is 3.45. The van der Waals surface area contributed by atoms with Crippen LogP contribution in [0.15, 0.2) is 53.0 Å². The van der Waals surface area contributed by atoms with Gasteiger partial charge in [-0.15, -0.1) is 0 Å². The SMILES string of the molecule is CCCCn1c(/C=C/c2cccc(Br)c2)nc2ccccc21. The number of halogens is 1. The molecule has 0 spiro atoms. The molecule has 0 unspecified atom stereocenters. The monoisotopic (exact) mass is 354 g/mol. The van der Waals surface area contributed by atoms with E-state index in [-0.39, 0.29) is 0 Å². The lowest BCUT2D eigenvalue weighted by molar-refractivity contribution is 0.641. The number of benzene rings is 2. The molecule has 0 N–H and O–H groups in total. The molecule has 1 heterocycles. The van der Waals surface area contributed by atoms with Crippen molar-refractivity contribution in [1.82, 2.24) is 9.55 Å². The van der Waals surface area contributed by atoms with Gasteiger partial charge in [0.25, 0.3) is 0 Å². The summed E-state index contributed by atoms with van der Waals surface area (Å²) in [6.45, 7) is 3.23. The Morgan fingerprint density at radius 2 is 1.95 bits per heavy atom. The van der Waals surface area contributed by atoms with Crippen molar-refractivity contribution in [2.45, 2.75) is 26.3 Å². The first-order valence-corrected chi connectivity index (χ1v) is 8.46. The number of hydrogen-bond donors (Lipinski definition) is 0. The maximum atomic E-state index is 4.77. The molecule has 0 bridgehead atoms. The quantitative estimate of drug-likeness (QED) is 0.568. The third-order valence-electron chi connectivity index (χ3n) is 3.69. The lowest BCUT2D eigenvalue weighted by atomic mass is 10.2. The second kappa shape index (κ2) is 6.93. The van der Waals surface area contributed by atoms with Gasteiger partial charge in [-0.2, -0.15) is 0 Å². The minimum Gasteiger partial charge on any atom is -0.324 e. The number of nitrogens with zero attached hydrogens (tertiary/aromatic N) is 2. The third kappa shape index (κ3) is 3.30. The van der Waals surface area contributed by atoms with Crippen LogP contribution >= 0.6 is 15.9 Å². The average Bonchev–Trinajstić information content (AvgIpc) is 2.88. The number of imidazole rings is 1. The van der Waals surface area contributed by atoms with Crippen LogP contribution in [0, 0.1) is 0 Å². The van der Waals surface area contributed by atoms with Crippen LogP contribution in [0.4, 0.5) is 0 Å². The van der Waals surface area contributed by atoms with Crippen LogP contribution in [-0.2, 0) is 6.54 Å². The first-order valence-electron chi connectivity index (χ1n) is 7.67. The molecule has 22 heavy (non-hydrogen) atoms. The molecule has 0 aliphatic rings. The van der Waals surface area contributed by atoms with Gasteiger partial charge in [-0.3, -0.25) is 0 Å². The van der Waals surface area contributed by atoms with Crippen LogP contribution in [0.25, 0.3) is 23.2 Å². The zero-order valence-electron chi connectivity index (χ0n) is 12.7. The molecule has 112 valence electrons. The number of hydrogen-bond acceptors (Lipinski definition) is 1. The molecule has 2 nitrogen and oxygen atoms in total. The first kappa shape index (κ1) is 15.0. The summed E-state index contributed by atoms with van der Waals surface area (Å²) in [6, 6.07) is 16.6. The molecular formula is C19H19BrN2. The number of unbranched alkanes of at least 4 members (excludes halogenated alkanes) is 1. The standard InChI is InChI=1S/C19H19BrN2/c1-2-3-13-22-18-10-5-4-9-17(18)21-19(22)12-11-15-7-6-8-16(20)14-15/h4-12,14H,2-3,13H2,1H3/b12-11+. The molecule has 3 rings (SSSR count). The molecule has 0 saturated carbocycles. The Morgan fingerprint density at radius 3 is 2.77 bits per heavy atom. The molecule has 0 aliphatic carbocycles. The molecule has 0 fully saturated rings. The molecule has 3 aromatic rings. The van der Waals surface area contributed by atoms with E-state index in [1.54, 1.807) is 0 Å². The maximum absolute atomic E-state index is 4.77. The Bertz CT molecular complexity index is 802. The summed E-state index contributed by atoms with van der Waals surface area (Å²) in [7, 11) is 0. The minimum absolute atomic E-state index is 1.01. The number of para-hydroxylation sites is 2. The van der Waals surface area contributed by atoms with Crippen LogP contribution in [0.5, 0.6) is 0 Å². The van der Waals surface area contributed by atoms with Crippen molar-refractivity contribution in [3.05, 3.63) is 64.4 Å². The second-order valence-corrected chi connectivity index (χ2v) is 6.27. The van der Waals surface area contributed by atoms with Gasteiger partial charge in [-0.1, -0.05) is 59.6 Å². The highest BCUT2D eigenvalue weighted by molar-refractivity contribution is 9.10. The van der Waals surface area contributed by atoms with Crippen molar-refractivity contribution in [3.63, 3.8) is 0 Å². The topological polar surface area (TPSA) is 17.8 Å². The Kier molecular flexibility index (Phi) is 4.74. The van der Waals surface area contributed by atoms with Crippen molar-refractivity contribution in [3.8, 4) is 0 Å². The summed E-state index contributed by atoms with van der Waals surface area (Å²) < 4.78 is 3.40. The molecular weight excluding hydrogens is 336 g/mol. The molecule has 0 saturated heterocycles. The van der Waals surface area contributed by atoms with Crippen molar-refractivity contribution in [2.75, 3.05) is 0 Å². The van der Waals surface area contributed by atoms with E-state index in [0.717, 1.165) is 28.8 Å². The molecule has 3 heteroatoms. The predicted molar refractivity (Wildman–Crippen MR) is 97.7 cm³/mol. The maximum Gasteiger partial charge on any atom is 0.133 e. The summed E-state index contributed by atoms with van der Waals surface area (Å²) >= 11 is 3.51. The zero-order chi connectivity index (χ0) is 15.4. The molecule has 1 aromatic heterocycles. The summed E-state index contributed by atoms with van der Waals surface area (Å²) in [5, 5.41) is 0. The van der Waals surface area contributed by atoms with Crippen molar-refractivity contribution >= 4 is 39.1 Å². The number of fused-ring (bicyclic) bond motifs is 1. The van der Waals surface area contributed by atoms with E-state index in [1.807, 2.05) is 18.2 Å². The van der Waals surface area contributed by atoms with Gasteiger partial charge in [0.1, 0.15) is 5.82 Å². The smallest absolute Gasteiger partial charge is 0.133 e. The zero-order valence-corrected chi connectivity index (χ0v) is 14.3. The van der Waals surface area contributed by atoms with Crippen LogP contribution in [0.2, 0.25) is 0 Å². The summed E-state index contributed by atoms with van der Waals surface area (Å²) in [6.07, 6.45) is 6.57. The first-order chi connectivity index (χ1) is 10.8. The highest BCUT2D eigenvalue weighted by atomic mass is 79.9. The van der Waals surface area contributed by atoms with Gasteiger partial charge in [0.15, 0.2) is 0 Å². The summed E-state index contributed by atoms with van der Waals surface area (Å²) in [5.74, 6) is 1.02. The molecule has 2 aromatic carbocycles. The van der Waals surface area contributed by atoms with E-state index < -0.39 is 0 Å². The molecule has 0 radical (unpaired) electrons. The Labute approximate surface area is 139 Å². The highest BCUT2D eigenvalue weighted by Gasteiger charge is 2.07. The lowest BCUT2D eigenvalue weighted by Crippen LogP contribution is -2.00. The van der Waals surface area contributed by atoms with E-state index in [9.17, 15) is 0 Å². The molecule has 0 aliphatic heterocycles. The fourth-order valence-electron chi connectivity index (χ4n) is 2.55. The largest absolute Gasteiger partial charge is 0.324 e. The second-order valence-electron chi connectivity index (χ2n) is 5.35. The van der Waals surface area contributed by atoms with Gasteiger partial charge in [0, 0.05) is 11.0 Å². The summed E-state index contributed by atoms with van der Waals surface area (Å²) in [4.78, 5) is 4.77.